The second-order valence-electron chi connectivity index (χ2n) is 4.01. The van der Waals surface area contributed by atoms with Crippen LogP contribution in [0.3, 0.4) is 0 Å². The Balaban J connectivity index is 3.06. The molecule has 0 saturated heterocycles. The summed E-state index contributed by atoms with van der Waals surface area (Å²) in [5.74, 6) is -0.115. The van der Waals surface area contributed by atoms with E-state index in [1.54, 1.807) is 39.0 Å². The maximum absolute atomic E-state index is 11.8. The minimum Gasteiger partial charge on any atom is -0.507 e. The highest BCUT2D eigenvalue weighted by atomic mass is 79.9. The molecule has 0 spiro atoms. The Labute approximate surface area is 104 Å². The summed E-state index contributed by atoms with van der Waals surface area (Å²) in [5.41, 5.74) is 0.0855. The fourth-order valence-electron chi connectivity index (χ4n) is 1.33. The minimum atomic E-state index is -0.716. The zero-order valence-corrected chi connectivity index (χ0v) is 11.2. The number of hydrogen-bond donors (Lipinski definition) is 1. The van der Waals surface area contributed by atoms with Gasteiger partial charge in [0.15, 0.2) is 0 Å². The first-order valence-electron chi connectivity index (χ1n) is 5.05. The van der Waals surface area contributed by atoms with Gasteiger partial charge < -0.3 is 9.84 Å². The number of halogens is 1. The standard InChI is InChI=1S/C12H15BrO3/c1-4-16-11(15)12(2,3)8-5-6-10(14)9(13)7-8/h5-7,14H,4H2,1-3H3. The average molecular weight is 287 g/mol. The molecule has 1 rings (SSSR count). The van der Waals surface area contributed by atoms with Gasteiger partial charge in [-0.05, 0) is 54.4 Å². The molecule has 4 heteroatoms. The average Bonchev–Trinajstić information content (AvgIpc) is 2.22. The van der Waals surface area contributed by atoms with Crippen molar-refractivity contribution in [1.29, 1.82) is 0 Å². The number of ether oxygens (including phenoxy) is 1. The number of phenolic OH excluding ortho intramolecular Hbond substituents is 1. The van der Waals surface area contributed by atoms with Crippen molar-refractivity contribution >= 4 is 21.9 Å². The van der Waals surface area contributed by atoms with E-state index in [2.05, 4.69) is 15.9 Å². The largest absolute Gasteiger partial charge is 0.507 e. The van der Waals surface area contributed by atoms with Crippen LogP contribution in [0.25, 0.3) is 0 Å². The Morgan fingerprint density at radius 2 is 2.12 bits per heavy atom. The lowest BCUT2D eigenvalue weighted by molar-refractivity contribution is -0.148. The third kappa shape index (κ3) is 2.55. The SMILES string of the molecule is CCOC(=O)C(C)(C)c1ccc(O)c(Br)c1. The van der Waals surface area contributed by atoms with Crippen molar-refractivity contribution in [2.75, 3.05) is 6.61 Å². The van der Waals surface area contributed by atoms with Crippen molar-refractivity contribution in [2.24, 2.45) is 0 Å². The number of carbonyl (C=O) groups is 1. The molecule has 0 radical (unpaired) electrons. The molecule has 0 atom stereocenters. The molecule has 0 unspecified atom stereocenters. The highest BCUT2D eigenvalue weighted by Crippen LogP contribution is 2.31. The maximum Gasteiger partial charge on any atom is 0.315 e. The van der Waals surface area contributed by atoms with Crippen molar-refractivity contribution < 1.29 is 14.6 Å². The smallest absolute Gasteiger partial charge is 0.315 e. The van der Waals surface area contributed by atoms with Crippen LogP contribution in [0.2, 0.25) is 0 Å². The topological polar surface area (TPSA) is 46.5 Å². The van der Waals surface area contributed by atoms with Crippen LogP contribution in [0.1, 0.15) is 26.3 Å². The van der Waals surface area contributed by atoms with Crippen LogP contribution in [0.15, 0.2) is 22.7 Å². The molecule has 1 N–H and O–H groups in total. The number of carbonyl (C=O) groups excluding carboxylic acids is 1. The van der Waals surface area contributed by atoms with Gasteiger partial charge in [-0.15, -0.1) is 0 Å². The normalized spacial score (nSPS) is 11.2. The zero-order chi connectivity index (χ0) is 12.3. The van der Waals surface area contributed by atoms with Crippen LogP contribution in [0.5, 0.6) is 5.75 Å². The lowest BCUT2D eigenvalue weighted by atomic mass is 9.85. The summed E-state index contributed by atoms with van der Waals surface area (Å²) in [4.78, 5) is 11.8. The van der Waals surface area contributed by atoms with Crippen LogP contribution in [-0.2, 0) is 14.9 Å². The van der Waals surface area contributed by atoms with Crippen LogP contribution in [-0.4, -0.2) is 17.7 Å². The van der Waals surface area contributed by atoms with Gasteiger partial charge in [0.2, 0.25) is 0 Å². The lowest BCUT2D eigenvalue weighted by Gasteiger charge is -2.23. The van der Waals surface area contributed by atoms with Gasteiger partial charge in [-0.25, -0.2) is 0 Å². The van der Waals surface area contributed by atoms with E-state index in [1.165, 1.54) is 0 Å². The first-order valence-corrected chi connectivity index (χ1v) is 5.85. The minimum absolute atomic E-state index is 0.156. The summed E-state index contributed by atoms with van der Waals surface area (Å²) in [6.07, 6.45) is 0. The van der Waals surface area contributed by atoms with Crippen molar-refractivity contribution in [3.05, 3.63) is 28.2 Å². The molecule has 0 aliphatic heterocycles. The maximum atomic E-state index is 11.8. The van der Waals surface area contributed by atoms with E-state index in [0.29, 0.717) is 11.1 Å². The van der Waals surface area contributed by atoms with Crippen LogP contribution < -0.4 is 0 Å². The molecule has 0 saturated carbocycles. The van der Waals surface area contributed by atoms with Gasteiger partial charge in [0.25, 0.3) is 0 Å². The van der Waals surface area contributed by atoms with Gasteiger partial charge in [0.1, 0.15) is 5.75 Å². The summed E-state index contributed by atoms with van der Waals surface area (Å²) in [6, 6.07) is 5.00. The summed E-state index contributed by atoms with van der Waals surface area (Å²) < 4.78 is 5.59. The predicted octanol–water partition coefficient (Wildman–Crippen LogP) is 3.00. The molecule has 1 aromatic rings. The predicted molar refractivity (Wildman–Crippen MR) is 65.5 cm³/mol. The summed E-state index contributed by atoms with van der Waals surface area (Å²) in [5, 5.41) is 9.39. The summed E-state index contributed by atoms with van der Waals surface area (Å²) >= 11 is 3.22. The van der Waals surface area contributed by atoms with E-state index >= 15 is 0 Å². The van der Waals surface area contributed by atoms with Crippen molar-refractivity contribution in [3.63, 3.8) is 0 Å². The molecule has 1 aromatic carbocycles. The lowest BCUT2D eigenvalue weighted by Crippen LogP contribution is -2.31. The van der Waals surface area contributed by atoms with Gasteiger partial charge >= 0.3 is 5.97 Å². The van der Waals surface area contributed by atoms with Gasteiger partial charge in [0.05, 0.1) is 16.5 Å². The van der Waals surface area contributed by atoms with Crippen molar-refractivity contribution in [2.45, 2.75) is 26.2 Å². The van der Waals surface area contributed by atoms with E-state index in [0.717, 1.165) is 5.56 Å². The third-order valence-corrected chi connectivity index (χ3v) is 3.09. The van der Waals surface area contributed by atoms with E-state index < -0.39 is 5.41 Å². The molecular weight excluding hydrogens is 272 g/mol. The fraction of sp³-hybridized carbons (Fsp3) is 0.417. The highest BCUT2D eigenvalue weighted by Gasteiger charge is 2.31. The number of rotatable bonds is 3. The third-order valence-electron chi connectivity index (χ3n) is 2.46. The second kappa shape index (κ2) is 4.87. The molecule has 3 nitrogen and oxygen atoms in total. The molecule has 0 aromatic heterocycles. The Morgan fingerprint density at radius 1 is 1.50 bits per heavy atom. The van der Waals surface area contributed by atoms with Gasteiger partial charge in [-0.1, -0.05) is 6.07 Å². The van der Waals surface area contributed by atoms with Gasteiger partial charge in [-0.2, -0.15) is 0 Å². The molecule has 0 aliphatic carbocycles. The number of benzene rings is 1. The van der Waals surface area contributed by atoms with Crippen LogP contribution >= 0.6 is 15.9 Å². The number of hydrogen-bond acceptors (Lipinski definition) is 3. The molecule has 0 aliphatic rings. The molecule has 0 fully saturated rings. The quantitative estimate of drug-likeness (QED) is 0.869. The fourth-order valence-corrected chi connectivity index (χ4v) is 1.70. The monoisotopic (exact) mass is 286 g/mol. The number of aromatic hydroxyl groups is 1. The van der Waals surface area contributed by atoms with Gasteiger partial charge in [0, 0.05) is 0 Å². The molecule has 88 valence electrons. The molecule has 0 heterocycles. The summed E-state index contributed by atoms with van der Waals surface area (Å²) in [6.45, 7) is 5.73. The molecule has 0 bridgehead atoms. The van der Waals surface area contributed by atoms with E-state index in [-0.39, 0.29) is 11.7 Å². The first-order chi connectivity index (χ1) is 7.39. The van der Waals surface area contributed by atoms with E-state index in [4.69, 9.17) is 4.74 Å². The molecular formula is C12H15BrO3. The zero-order valence-electron chi connectivity index (χ0n) is 9.58. The first kappa shape index (κ1) is 13.0. The molecule has 0 amide bonds. The number of phenols is 1. The van der Waals surface area contributed by atoms with E-state index in [9.17, 15) is 9.90 Å². The Hall–Kier alpha value is -1.03. The van der Waals surface area contributed by atoms with Crippen LogP contribution in [0.4, 0.5) is 0 Å². The second-order valence-corrected chi connectivity index (χ2v) is 4.87. The van der Waals surface area contributed by atoms with Crippen LogP contribution in [0, 0.1) is 0 Å². The number of esters is 1. The summed E-state index contributed by atoms with van der Waals surface area (Å²) in [7, 11) is 0. The van der Waals surface area contributed by atoms with Crippen molar-refractivity contribution in [3.8, 4) is 5.75 Å². The van der Waals surface area contributed by atoms with Crippen molar-refractivity contribution in [1.82, 2.24) is 0 Å². The van der Waals surface area contributed by atoms with E-state index in [1.807, 2.05) is 0 Å². The molecule has 16 heavy (non-hydrogen) atoms. The van der Waals surface area contributed by atoms with Gasteiger partial charge in [-0.3, -0.25) is 4.79 Å². The Kier molecular flexibility index (Phi) is 3.97. The Bertz CT molecular complexity index is 399. The Morgan fingerprint density at radius 3 is 2.62 bits per heavy atom. The highest BCUT2D eigenvalue weighted by molar-refractivity contribution is 9.10.